The average Bonchev–Trinajstić information content (AvgIpc) is 3.56. The molecule has 1 amide bonds. The van der Waals surface area contributed by atoms with Gasteiger partial charge in [0.15, 0.2) is 0 Å². The third kappa shape index (κ3) is 5.57. The lowest BCUT2D eigenvalue weighted by molar-refractivity contribution is 0.0941. The van der Waals surface area contributed by atoms with Crippen molar-refractivity contribution < 1.29 is 18.0 Å². The summed E-state index contributed by atoms with van der Waals surface area (Å²) in [6.45, 7) is 16.7. The highest BCUT2D eigenvalue weighted by molar-refractivity contribution is 7.89. The molecule has 4 heterocycles. The van der Waals surface area contributed by atoms with Crippen LogP contribution in [0.1, 0.15) is 96.4 Å². The maximum Gasteiger partial charge on any atom is 0.281 e. The van der Waals surface area contributed by atoms with Crippen molar-refractivity contribution in [1.82, 2.24) is 19.0 Å². The lowest BCUT2D eigenvalue weighted by Crippen LogP contribution is -2.37. The molecule has 2 bridgehead atoms. The lowest BCUT2D eigenvalue weighted by Gasteiger charge is -2.39. The van der Waals surface area contributed by atoms with Crippen LogP contribution in [-0.4, -0.2) is 64.4 Å². The zero-order chi connectivity index (χ0) is 31.8. The molecule has 236 valence electrons. The third-order valence-corrected chi connectivity index (χ3v) is 12.6. The minimum atomic E-state index is -3.70. The minimum absolute atomic E-state index is 0.00799. The van der Waals surface area contributed by atoms with Crippen LogP contribution in [0, 0.1) is 24.7 Å². The number of fused-ring (bicyclic) bond motifs is 3. The van der Waals surface area contributed by atoms with E-state index < -0.39 is 10.0 Å². The Morgan fingerprint density at radius 2 is 1.80 bits per heavy atom. The van der Waals surface area contributed by atoms with Gasteiger partial charge in [-0.15, -0.1) is 11.3 Å². The van der Waals surface area contributed by atoms with Gasteiger partial charge in [0.25, 0.3) is 11.8 Å². The number of nitrogens with one attached hydrogen (secondary N) is 1. The van der Waals surface area contributed by atoms with E-state index in [9.17, 15) is 18.0 Å². The van der Waals surface area contributed by atoms with Gasteiger partial charge in [-0.25, -0.2) is 13.1 Å². The Balaban J connectivity index is 1.27. The quantitative estimate of drug-likeness (QED) is 0.363. The van der Waals surface area contributed by atoms with E-state index >= 15 is 0 Å². The van der Waals surface area contributed by atoms with Crippen LogP contribution in [0.2, 0.25) is 0 Å². The first kappa shape index (κ1) is 31.1. The van der Waals surface area contributed by atoms with Gasteiger partial charge < -0.3 is 5.32 Å². The summed E-state index contributed by atoms with van der Waals surface area (Å²) in [6, 6.07) is 8.40. The van der Waals surface area contributed by atoms with Gasteiger partial charge in [-0.3, -0.25) is 14.5 Å². The number of carbonyl (C=O) groups excluding carboxylic acids is 2. The van der Waals surface area contributed by atoms with E-state index in [0.29, 0.717) is 41.7 Å². The molecule has 3 aliphatic rings. The molecule has 3 aromatic rings. The monoisotopic (exact) mass is 637 g/mol. The summed E-state index contributed by atoms with van der Waals surface area (Å²) in [5.41, 5.74) is 3.36. The number of carbonyl (C=O) groups is 2. The zero-order valence-electron chi connectivity index (χ0n) is 26.7. The van der Waals surface area contributed by atoms with Crippen molar-refractivity contribution in [2.24, 2.45) is 10.8 Å². The van der Waals surface area contributed by atoms with E-state index in [4.69, 9.17) is 0 Å². The van der Waals surface area contributed by atoms with Crippen LogP contribution in [0.15, 0.2) is 35.2 Å². The van der Waals surface area contributed by atoms with Crippen LogP contribution in [0.5, 0.6) is 0 Å². The number of aromatic nitrogens is 2. The predicted molar refractivity (Wildman–Crippen MR) is 173 cm³/mol. The Labute approximate surface area is 264 Å². The molecule has 44 heavy (non-hydrogen) atoms. The van der Waals surface area contributed by atoms with Gasteiger partial charge in [0, 0.05) is 47.9 Å². The molecule has 2 atom stereocenters. The molecule has 11 heteroatoms. The number of hydrogen-bond donors (Lipinski definition) is 1. The molecular formula is C33H43N5O4S2. The second kappa shape index (κ2) is 10.9. The van der Waals surface area contributed by atoms with E-state index in [0.717, 1.165) is 47.6 Å². The third-order valence-electron chi connectivity index (χ3n) is 9.55. The van der Waals surface area contributed by atoms with Crippen molar-refractivity contribution in [1.29, 1.82) is 0 Å². The van der Waals surface area contributed by atoms with Gasteiger partial charge in [0.2, 0.25) is 10.0 Å². The number of rotatable bonds is 6. The normalized spacial score (nSPS) is 23.6. The second-order valence-corrected chi connectivity index (χ2v) is 17.4. The first-order valence-electron chi connectivity index (χ1n) is 15.5. The molecule has 2 unspecified atom stereocenters. The lowest BCUT2D eigenvalue weighted by atomic mass is 9.65. The number of sulfonamides is 1. The fraction of sp³-hybridized carbons (Fsp3) is 0.545. The van der Waals surface area contributed by atoms with E-state index in [1.807, 2.05) is 19.9 Å². The summed E-state index contributed by atoms with van der Waals surface area (Å²) in [6.07, 6.45) is 3.45. The molecule has 0 radical (unpaired) electrons. The average molecular weight is 638 g/mol. The van der Waals surface area contributed by atoms with Crippen LogP contribution < -0.4 is 5.32 Å². The van der Waals surface area contributed by atoms with Gasteiger partial charge in [0.1, 0.15) is 5.00 Å². The molecule has 1 saturated heterocycles. The predicted octanol–water partition coefficient (Wildman–Crippen LogP) is 5.86. The van der Waals surface area contributed by atoms with Crippen molar-refractivity contribution in [3.63, 3.8) is 0 Å². The summed E-state index contributed by atoms with van der Waals surface area (Å²) in [5.74, 6) is -0.641. The molecule has 1 aliphatic carbocycles. The molecule has 2 aliphatic heterocycles. The summed E-state index contributed by atoms with van der Waals surface area (Å²) in [5, 5.41) is 7.92. The summed E-state index contributed by atoms with van der Waals surface area (Å²) in [7, 11) is -3.70. The Kier molecular flexibility index (Phi) is 7.71. The van der Waals surface area contributed by atoms with Crippen molar-refractivity contribution >= 4 is 38.2 Å². The zero-order valence-corrected chi connectivity index (χ0v) is 28.4. The highest BCUT2D eigenvalue weighted by Crippen LogP contribution is 2.53. The first-order chi connectivity index (χ1) is 20.6. The fourth-order valence-electron chi connectivity index (χ4n) is 7.90. The van der Waals surface area contributed by atoms with Crippen molar-refractivity contribution in [3.8, 4) is 0 Å². The molecule has 0 spiro atoms. The van der Waals surface area contributed by atoms with Gasteiger partial charge in [-0.2, -0.15) is 9.40 Å². The fourth-order valence-corrected chi connectivity index (χ4v) is 10.9. The van der Waals surface area contributed by atoms with E-state index in [1.54, 1.807) is 16.4 Å². The topological polar surface area (TPSA) is 105 Å². The van der Waals surface area contributed by atoms with Crippen LogP contribution in [0.4, 0.5) is 5.00 Å². The van der Waals surface area contributed by atoms with E-state index in [1.165, 1.54) is 28.2 Å². The summed E-state index contributed by atoms with van der Waals surface area (Å²) < 4.78 is 30.6. The van der Waals surface area contributed by atoms with Crippen molar-refractivity contribution in [2.45, 2.75) is 97.7 Å². The van der Waals surface area contributed by atoms with E-state index in [2.05, 4.69) is 49.9 Å². The van der Waals surface area contributed by atoms with Gasteiger partial charge >= 0.3 is 0 Å². The van der Waals surface area contributed by atoms with Gasteiger partial charge in [-0.1, -0.05) is 20.8 Å². The van der Waals surface area contributed by atoms with Crippen molar-refractivity contribution in [3.05, 3.63) is 63.3 Å². The molecule has 1 saturated carbocycles. The molecule has 2 fully saturated rings. The molecule has 9 nitrogen and oxygen atoms in total. The van der Waals surface area contributed by atoms with Gasteiger partial charge in [0.05, 0.1) is 16.2 Å². The van der Waals surface area contributed by atoms with E-state index in [-0.39, 0.29) is 33.6 Å². The van der Waals surface area contributed by atoms with Crippen LogP contribution in [-0.2, 0) is 23.0 Å². The second-order valence-electron chi connectivity index (χ2n) is 14.4. The highest BCUT2D eigenvalue weighted by atomic mass is 32.2. The molecule has 6 rings (SSSR count). The SMILES string of the molecule is Cc1cc(C)n(C(=O)c2c(NC(=O)c3ccc(S(=O)(=O)N4CC5(C)CC4CC(C)(C)C5)cc3)sc3c2CCN(C(C)C)C3)n1. The van der Waals surface area contributed by atoms with Crippen LogP contribution in [0.25, 0.3) is 0 Å². The molecule has 2 aromatic heterocycles. The number of amides is 1. The molecule has 1 N–H and O–H groups in total. The number of thiophene rings is 1. The Hall–Kier alpha value is -2.86. The number of nitrogens with zero attached hydrogens (tertiary/aromatic N) is 4. The smallest absolute Gasteiger partial charge is 0.281 e. The first-order valence-corrected chi connectivity index (χ1v) is 17.7. The maximum absolute atomic E-state index is 13.9. The minimum Gasteiger partial charge on any atom is -0.313 e. The number of anilines is 1. The molecule has 1 aromatic carbocycles. The maximum atomic E-state index is 13.9. The Bertz CT molecular complexity index is 1740. The van der Waals surface area contributed by atoms with Crippen LogP contribution >= 0.6 is 11.3 Å². The summed E-state index contributed by atoms with van der Waals surface area (Å²) >= 11 is 1.44. The largest absolute Gasteiger partial charge is 0.313 e. The summed E-state index contributed by atoms with van der Waals surface area (Å²) in [4.78, 5) is 31.0. The van der Waals surface area contributed by atoms with Crippen LogP contribution in [0.3, 0.4) is 0 Å². The number of benzene rings is 1. The number of aryl methyl sites for hydroxylation is 2. The van der Waals surface area contributed by atoms with Gasteiger partial charge in [-0.05, 0) is 100 Å². The number of hydrogen-bond acceptors (Lipinski definition) is 7. The Morgan fingerprint density at radius 3 is 2.43 bits per heavy atom. The standard InChI is InChI=1S/C33H43N5O4S2/c1-20(2)36-13-12-26-27(17-36)43-30(28(26)31(40)38-22(4)14-21(3)35-38)34-29(39)23-8-10-25(11-9-23)44(41,42)37-19-33(7)16-24(37)15-32(5,6)18-33/h8-11,14,20,24H,12-13,15-19H2,1-7H3,(H,34,39). The van der Waals surface area contributed by atoms with Crippen molar-refractivity contribution in [2.75, 3.05) is 18.4 Å². The highest BCUT2D eigenvalue weighted by Gasteiger charge is 2.53. The molecular weight excluding hydrogens is 595 g/mol. The Morgan fingerprint density at radius 1 is 1.09 bits per heavy atom.